The summed E-state index contributed by atoms with van der Waals surface area (Å²) in [7, 11) is 1.46. The van der Waals surface area contributed by atoms with Crippen molar-refractivity contribution in [2.24, 2.45) is 0 Å². The Morgan fingerprint density at radius 3 is 2.45 bits per heavy atom. The van der Waals surface area contributed by atoms with E-state index in [1.807, 2.05) is 6.07 Å². The maximum atomic E-state index is 12.5. The molecule has 9 heteroatoms. The molecule has 33 heavy (non-hydrogen) atoms. The molecule has 0 aliphatic rings. The molecular weight excluding hydrogens is 506 g/mol. The summed E-state index contributed by atoms with van der Waals surface area (Å²) in [6.07, 6.45) is 1.40. The second-order valence-corrected chi connectivity index (χ2v) is 8.38. The van der Waals surface area contributed by atoms with Gasteiger partial charge in [-0.1, -0.05) is 58.5 Å². The Morgan fingerprint density at radius 1 is 1.03 bits per heavy atom. The summed E-state index contributed by atoms with van der Waals surface area (Å²) in [6, 6.07) is 16.7. The normalized spacial score (nSPS) is 11.0. The summed E-state index contributed by atoms with van der Waals surface area (Å²) in [5.74, 6) is 0.0307. The van der Waals surface area contributed by atoms with Crippen LogP contribution >= 0.6 is 46.4 Å². The average molecular weight is 522 g/mol. The molecule has 0 aliphatic carbocycles. The van der Waals surface area contributed by atoms with E-state index in [9.17, 15) is 10.1 Å². The van der Waals surface area contributed by atoms with Gasteiger partial charge in [-0.2, -0.15) is 5.26 Å². The highest BCUT2D eigenvalue weighted by atomic mass is 35.5. The van der Waals surface area contributed by atoms with E-state index in [4.69, 9.17) is 55.9 Å². The lowest BCUT2D eigenvalue weighted by Gasteiger charge is -2.14. The topological polar surface area (TPSA) is 71.3 Å². The van der Waals surface area contributed by atoms with Crippen molar-refractivity contribution in [3.8, 4) is 17.6 Å². The van der Waals surface area contributed by atoms with Gasteiger partial charge in [-0.15, -0.1) is 0 Å². The zero-order chi connectivity index (χ0) is 24.0. The number of benzene rings is 3. The first-order valence-electron chi connectivity index (χ1n) is 9.43. The molecule has 1 N–H and O–H groups in total. The van der Waals surface area contributed by atoms with Crippen LogP contribution in [0.15, 0.2) is 60.2 Å². The highest BCUT2D eigenvalue weighted by Gasteiger charge is 2.15. The first-order valence-corrected chi connectivity index (χ1v) is 10.9. The zero-order valence-electron chi connectivity index (χ0n) is 17.2. The number of anilines is 1. The summed E-state index contributed by atoms with van der Waals surface area (Å²) < 4.78 is 11.2. The van der Waals surface area contributed by atoms with Crippen LogP contribution in [-0.4, -0.2) is 13.0 Å². The summed E-state index contributed by atoms with van der Waals surface area (Å²) >= 11 is 24.5. The lowest BCUT2D eigenvalue weighted by molar-refractivity contribution is -0.112. The Bertz CT molecular complexity index is 1270. The molecule has 3 rings (SSSR count). The molecule has 1 amide bonds. The first kappa shape index (κ1) is 24.8. The molecule has 0 radical (unpaired) electrons. The van der Waals surface area contributed by atoms with Crippen LogP contribution in [0.1, 0.15) is 11.1 Å². The van der Waals surface area contributed by atoms with E-state index in [1.54, 1.807) is 54.6 Å². The quantitative estimate of drug-likeness (QED) is 0.259. The van der Waals surface area contributed by atoms with E-state index in [0.29, 0.717) is 43.4 Å². The number of carbonyl (C=O) groups is 1. The molecule has 168 valence electrons. The van der Waals surface area contributed by atoms with Gasteiger partial charge in [-0.05, 0) is 54.1 Å². The smallest absolute Gasteiger partial charge is 0.266 e. The molecular formula is C24H16Cl4N2O3. The van der Waals surface area contributed by atoms with E-state index >= 15 is 0 Å². The highest BCUT2D eigenvalue weighted by molar-refractivity contribution is 6.35. The minimum absolute atomic E-state index is 0.130. The summed E-state index contributed by atoms with van der Waals surface area (Å²) in [6.45, 7) is 0.132. The predicted octanol–water partition coefficient (Wildman–Crippen LogP) is 7.43. The summed E-state index contributed by atoms with van der Waals surface area (Å²) in [5.41, 5.74) is 1.53. The SMILES string of the molecule is COc1cc(/C=C(\C#N)C(=O)Nc2cccc(Cl)c2)cc(Cl)c1OCc1ccc(Cl)cc1Cl. The van der Waals surface area contributed by atoms with Crippen molar-refractivity contribution >= 4 is 64.1 Å². The van der Waals surface area contributed by atoms with Gasteiger partial charge in [0.05, 0.1) is 12.1 Å². The van der Waals surface area contributed by atoms with Gasteiger partial charge < -0.3 is 14.8 Å². The largest absolute Gasteiger partial charge is 0.493 e. The number of nitriles is 1. The van der Waals surface area contributed by atoms with E-state index in [1.165, 1.54) is 13.2 Å². The van der Waals surface area contributed by atoms with Gasteiger partial charge in [0, 0.05) is 26.3 Å². The third-order valence-corrected chi connectivity index (χ3v) is 5.50. The Balaban J connectivity index is 1.83. The number of nitrogens with one attached hydrogen (secondary N) is 1. The lowest BCUT2D eigenvalue weighted by atomic mass is 10.1. The van der Waals surface area contributed by atoms with E-state index in [2.05, 4.69) is 5.32 Å². The molecule has 0 aromatic heterocycles. The number of ether oxygens (including phenoxy) is 2. The zero-order valence-corrected chi connectivity index (χ0v) is 20.2. The number of rotatable bonds is 7. The van der Waals surface area contributed by atoms with E-state index in [0.717, 1.165) is 0 Å². The van der Waals surface area contributed by atoms with Crippen LogP contribution in [0.2, 0.25) is 20.1 Å². The standard InChI is InChI=1S/C24H16Cl4N2O3/c1-32-22-9-14(7-16(12-29)24(31)30-19-4-2-3-17(25)10-19)8-21(28)23(22)33-13-15-5-6-18(26)11-20(15)27/h2-11H,13H2,1H3,(H,30,31)/b16-7+. The Hall–Kier alpha value is -2.88. The Kier molecular flexibility index (Phi) is 8.49. The van der Waals surface area contributed by atoms with Gasteiger partial charge >= 0.3 is 0 Å². The predicted molar refractivity (Wildman–Crippen MR) is 132 cm³/mol. The number of nitrogens with zero attached hydrogens (tertiary/aromatic N) is 1. The Labute approximate surface area is 211 Å². The molecule has 0 fully saturated rings. The summed E-state index contributed by atoms with van der Waals surface area (Å²) in [4.78, 5) is 12.5. The number of hydrogen-bond donors (Lipinski definition) is 1. The molecule has 0 spiro atoms. The maximum Gasteiger partial charge on any atom is 0.266 e. The molecule has 0 saturated carbocycles. The lowest BCUT2D eigenvalue weighted by Crippen LogP contribution is -2.13. The van der Waals surface area contributed by atoms with Crippen molar-refractivity contribution in [1.29, 1.82) is 5.26 Å². The second kappa shape index (κ2) is 11.3. The molecule has 0 atom stereocenters. The van der Waals surface area contributed by atoms with Gasteiger partial charge in [-0.25, -0.2) is 0 Å². The number of methoxy groups -OCH3 is 1. The van der Waals surface area contributed by atoms with Gasteiger partial charge in [-0.3, -0.25) is 4.79 Å². The van der Waals surface area contributed by atoms with Crippen molar-refractivity contribution in [3.63, 3.8) is 0 Å². The molecule has 3 aromatic rings. The van der Waals surface area contributed by atoms with Crippen LogP contribution in [0.5, 0.6) is 11.5 Å². The molecule has 3 aromatic carbocycles. The third kappa shape index (κ3) is 6.56. The number of carbonyl (C=O) groups excluding carboxylic acids is 1. The van der Waals surface area contributed by atoms with Crippen LogP contribution in [0.3, 0.4) is 0 Å². The van der Waals surface area contributed by atoms with E-state index in [-0.39, 0.29) is 17.2 Å². The van der Waals surface area contributed by atoms with Crippen LogP contribution in [-0.2, 0) is 11.4 Å². The molecule has 5 nitrogen and oxygen atoms in total. The first-order chi connectivity index (χ1) is 15.8. The van der Waals surface area contributed by atoms with Crippen molar-refractivity contribution in [1.82, 2.24) is 0 Å². The third-order valence-electron chi connectivity index (χ3n) is 4.40. The van der Waals surface area contributed by atoms with Crippen molar-refractivity contribution in [2.45, 2.75) is 6.61 Å². The second-order valence-electron chi connectivity index (χ2n) is 6.69. The van der Waals surface area contributed by atoms with E-state index < -0.39 is 5.91 Å². The molecule has 0 heterocycles. The minimum atomic E-state index is -0.590. The van der Waals surface area contributed by atoms with Crippen LogP contribution in [0, 0.1) is 11.3 Å². The van der Waals surface area contributed by atoms with Crippen molar-refractivity contribution in [2.75, 3.05) is 12.4 Å². The van der Waals surface area contributed by atoms with Gasteiger partial charge in [0.1, 0.15) is 18.2 Å². The van der Waals surface area contributed by atoms with Gasteiger partial charge in [0.15, 0.2) is 11.5 Å². The molecule has 0 aliphatic heterocycles. The molecule has 0 saturated heterocycles. The maximum absolute atomic E-state index is 12.5. The average Bonchev–Trinajstić information content (AvgIpc) is 2.77. The number of hydrogen-bond acceptors (Lipinski definition) is 4. The van der Waals surface area contributed by atoms with Crippen LogP contribution in [0.4, 0.5) is 5.69 Å². The fourth-order valence-corrected chi connectivity index (χ4v) is 3.76. The Morgan fingerprint density at radius 2 is 1.79 bits per heavy atom. The molecule has 0 unspecified atom stereocenters. The van der Waals surface area contributed by atoms with Crippen molar-refractivity contribution in [3.05, 3.63) is 91.4 Å². The van der Waals surface area contributed by atoms with Crippen LogP contribution < -0.4 is 14.8 Å². The molecule has 0 bridgehead atoms. The fraction of sp³-hybridized carbons (Fsp3) is 0.0833. The highest BCUT2D eigenvalue weighted by Crippen LogP contribution is 2.38. The minimum Gasteiger partial charge on any atom is -0.493 e. The van der Waals surface area contributed by atoms with Crippen molar-refractivity contribution < 1.29 is 14.3 Å². The monoisotopic (exact) mass is 520 g/mol. The van der Waals surface area contributed by atoms with Gasteiger partial charge in [0.2, 0.25) is 0 Å². The van der Waals surface area contributed by atoms with Crippen LogP contribution in [0.25, 0.3) is 6.08 Å². The fourth-order valence-electron chi connectivity index (χ4n) is 2.83. The number of amides is 1. The summed E-state index contributed by atoms with van der Waals surface area (Å²) in [5, 5.41) is 13.8. The van der Waals surface area contributed by atoms with Gasteiger partial charge in [0.25, 0.3) is 5.91 Å². The number of halogens is 4.